The molecule has 1 N–H and O–H groups in total. The summed E-state index contributed by atoms with van der Waals surface area (Å²) in [4.78, 5) is 96.4. The number of carboxylic acid groups (broad SMARTS) is 1. The second-order valence-corrected chi connectivity index (χ2v) is 13.2. The number of hydrogen-bond donors (Lipinski definition) is 1. The molecular formula is C36H54O20. The van der Waals surface area contributed by atoms with Gasteiger partial charge in [-0.25, -0.2) is 0 Å². The molecule has 0 aromatic heterocycles. The van der Waals surface area contributed by atoms with Crippen LogP contribution in [0.15, 0.2) is 0 Å². The van der Waals surface area contributed by atoms with E-state index in [2.05, 4.69) is 0 Å². The van der Waals surface area contributed by atoms with E-state index in [0.29, 0.717) is 12.8 Å². The van der Waals surface area contributed by atoms with Gasteiger partial charge in [0.1, 0.15) is 31.5 Å². The van der Waals surface area contributed by atoms with Gasteiger partial charge in [0.25, 0.3) is 0 Å². The van der Waals surface area contributed by atoms with Gasteiger partial charge in [0.2, 0.25) is 0 Å². The van der Waals surface area contributed by atoms with Crippen LogP contribution in [0.3, 0.4) is 0 Å². The highest BCUT2D eigenvalue weighted by Gasteiger charge is 2.57. The summed E-state index contributed by atoms with van der Waals surface area (Å²) in [6.45, 7) is 6.53. The lowest BCUT2D eigenvalue weighted by Crippen LogP contribution is -2.67. The van der Waals surface area contributed by atoms with Crippen molar-refractivity contribution in [2.24, 2.45) is 0 Å². The predicted molar refractivity (Wildman–Crippen MR) is 184 cm³/mol. The number of aliphatic carboxylic acids is 1. The summed E-state index contributed by atoms with van der Waals surface area (Å²) in [6.07, 6.45) is -9.98. The van der Waals surface area contributed by atoms with E-state index >= 15 is 0 Å². The van der Waals surface area contributed by atoms with Crippen molar-refractivity contribution in [3.8, 4) is 0 Å². The molecule has 2 aliphatic heterocycles. The molecule has 2 aliphatic rings. The van der Waals surface area contributed by atoms with Gasteiger partial charge in [0, 0.05) is 61.5 Å². The Balaban J connectivity index is 2.50. The van der Waals surface area contributed by atoms with E-state index in [0.717, 1.165) is 80.6 Å². The Morgan fingerprint density at radius 1 is 0.446 bits per heavy atom. The van der Waals surface area contributed by atoms with Crippen molar-refractivity contribution in [3.63, 3.8) is 0 Å². The molecule has 0 amide bonds. The van der Waals surface area contributed by atoms with Crippen molar-refractivity contribution < 1.29 is 95.6 Å². The Hall–Kier alpha value is -4.40. The molecule has 56 heavy (non-hydrogen) atoms. The quantitative estimate of drug-likeness (QED) is 0.0929. The molecule has 0 saturated carbocycles. The normalized spacial score (nSPS) is 27.2. The molecule has 2 saturated heterocycles. The van der Waals surface area contributed by atoms with Crippen molar-refractivity contribution in [1.29, 1.82) is 0 Å². The fourth-order valence-corrected chi connectivity index (χ4v) is 6.07. The van der Waals surface area contributed by atoms with Gasteiger partial charge in [-0.05, 0) is 12.8 Å². The fraction of sp³-hybridized carbons (Fsp3) is 0.778. The average Bonchev–Trinajstić information content (AvgIpc) is 3.07. The number of unbranched alkanes of at least 4 members (excludes halogenated alkanes) is 6. The maximum Gasteiger partial charge on any atom is 0.303 e. The Morgan fingerprint density at radius 2 is 0.821 bits per heavy atom. The summed E-state index contributed by atoms with van der Waals surface area (Å²) >= 11 is 0. The number of carboxylic acids is 1. The van der Waals surface area contributed by atoms with Gasteiger partial charge in [-0.2, -0.15) is 0 Å². The van der Waals surface area contributed by atoms with Crippen molar-refractivity contribution in [2.75, 3.05) is 19.8 Å². The highest BCUT2D eigenvalue weighted by Crippen LogP contribution is 2.35. The van der Waals surface area contributed by atoms with E-state index in [1.165, 1.54) is 0 Å². The molecule has 0 aliphatic carbocycles. The molecule has 0 spiro atoms. The third-order valence-electron chi connectivity index (χ3n) is 8.20. The van der Waals surface area contributed by atoms with Crippen molar-refractivity contribution in [2.45, 2.75) is 161 Å². The second kappa shape index (κ2) is 24.3. The third kappa shape index (κ3) is 17.2. The molecule has 2 fully saturated rings. The first-order chi connectivity index (χ1) is 26.4. The molecule has 0 aromatic carbocycles. The van der Waals surface area contributed by atoms with E-state index in [4.69, 9.17) is 57.2 Å². The zero-order valence-corrected chi connectivity index (χ0v) is 32.8. The molecule has 20 nitrogen and oxygen atoms in total. The van der Waals surface area contributed by atoms with Crippen LogP contribution in [0.5, 0.6) is 0 Å². The Labute approximate surface area is 324 Å². The number of rotatable bonds is 22. The fourth-order valence-electron chi connectivity index (χ4n) is 6.07. The van der Waals surface area contributed by atoms with E-state index in [1.54, 1.807) is 0 Å². The van der Waals surface area contributed by atoms with Crippen molar-refractivity contribution in [1.82, 2.24) is 0 Å². The summed E-state index contributed by atoms with van der Waals surface area (Å²) in [7, 11) is 0. The van der Waals surface area contributed by atoms with Crippen LogP contribution in [-0.2, 0) is 90.5 Å². The standard InChI is InChI=1S/C36H54O20/c1-19(37)47-17-26-29(49-21(3)39)31(50-22(4)40)34(53-25(7)43)36(55-26)56-30-27(18-48-20(2)38)54-35(33(52-24(6)42)32(30)51-23(5)41)46-16-14-12-10-8-9-11-13-15-28(44)45/h26-27,29-36H,8-18H2,1-7H3,(H,44,45). The average molecular weight is 807 g/mol. The minimum Gasteiger partial charge on any atom is -0.481 e. The summed E-state index contributed by atoms with van der Waals surface area (Å²) in [5, 5.41) is 8.79. The lowest BCUT2D eigenvalue weighted by molar-refractivity contribution is -0.361. The molecule has 0 bridgehead atoms. The number of carbonyl (C=O) groups is 8. The molecule has 20 heteroatoms. The number of carbonyl (C=O) groups excluding carboxylic acids is 7. The van der Waals surface area contributed by atoms with Gasteiger partial charge in [0.05, 0.1) is 0 Å². The zero-order valence-electron chi connectivity index (χ0n) is 32.8. The maximum atomic E-state index is 12.6. The van der Waals surface area contributed by atoms with Gasteiger partial charge >= 0.3 is 47.8 Å². The highest BCUT2D eigenvalue weighted by atomic mass is 16.8. The smallest absolute Gasteiger partial charge is 0.303 e. The van der Waals surface area contributed by atoms with E-state index in [9.17, 15) is 38.4 Å². The lowest BCUT2D eigenvalue weighted by Gasteiger charge is -2.48. The molecule has 0 aromatic rings. The lowest BCUT2D eigenvalue weighted by atomic mass is 9.96. The molecular weight excluding hydrogens is 752 g/mol. The Kier molecular flexibility index (Phi) is 20.7. The molecule has 318 valence electrons. The van der Waals surface area contributed by atoms with Crippen LogP contribution in [0.4, 0.5) is 0 Å². The SMILES string of the molecule is CC(=O)OCC1OC(OC2C(COC(C)=O)OC(OCCCCCCCCCC(=O)O)C(OC(C)=O)C2OC(C)=O)C(OC(C)=O)C(OC(C)=O)C1OC(C)=O. The number of ether oxygens (including phenoxy) is 11. The number of hydrogen-bond acceptors (Lipinski definition) is 19. The summed E-state index contributed by atoms with van der Waals surface area (Å²) in [5.74, 6) is -6.66. The number of esters is 7. The van der Waals surface area contributed by atoms with Crippen LogP contribution in [-0.4, -0.2) is 134 Å². The van der Waals surface area contributed by atoms with Gasteiger partial charge in [-0.3, -0.25) is 38.4 Å². The van der Waals surface area contributed by atoms with E-state index in [1.807, 2.05) is 0 Å². The molecule has 10 unspecified atom stereocenters. The van der Waals surface area contributed by atoms with Crippen LogP contribution in [0.1, 0.15) is 99.8 Å². The predicted octanol–water partition coefficient (Wildman–Crippen LogP) is 1.83. The van der Waals surface area contributed by atoms with Gasteiger partial charge < -0.3 is 57.2 Å². The van der Waals surface area contributed by atoms with Crippen molar-refractivity contribution >= 4 is 47.8 Å². The molecule has 10 atom stereocenters. The summed E-state index contributed by atoms with van der Waals surface area (Å²) < 4.78 is 62.6. The van der Waals surface area contributed by atoms with Crippen molar-refractivity contribution in [3.05, 3.63) is 0 Å². The largest absolute Gasteiger partial charge is 0.481 e. The Morgan fingerprint density at radius 3 is 1.29 bits per heavy atom. The minimum atomic E-state index is -1.79. The second-order valence-electron chi connectivity index (χ2n) is 13.2. The molecule has 0 radical (unpaired) electrons. The van der Waals surface area contributed by atoms with Gasteiger partial charge in [-0.1, -0.05) is 32.1 Å². The van der Waals surface area contributed by atoms with Crippen LogP contribution in [0, 0.1) is 0 Å². The van der Waals surface area contributed by atoms with Gasteiger partial charge in [-0.15, -0.1) is 0 Å². The van der Waals surface area contributed by atoms with Crippen LogP contribution < -0.4 is 0 Å². The van der Waals surface area contributed by atoms with E-state index in [-0.39, 0.29) is 13.0 Å². The maximum absolute atomic E-state index is 12.6. The first-order valence-corrected chi connectivity index (χ1v) is 18.3. The topological polar surface area (TPSA) is 258 Å². The van der Waals surface area contributed by atoms with E-state index < -0.39 is 122 Å². The van der Waals surface area contributed by atoms with Crippen LogP contribution in [0.2, 0.25) is 0 Å². The minimum absolute atomic E-state index is 0.0970. The monoisotopic (exact) mass is 806 g/mol. The first-order valence-electron chi connectivity index (χ1n) is 18.3. The van der Waals surface area contributed by atoms with Crippen LogP contribution >= 0.6 is 0 Å². The van der Waals surface area contributed by atoms with Gasteiger partial charge in [0.15, 0.2) is 43.1 Å². The summed E-state index contributed by atoms with van der Waals surface area (Å²) in [6, 6.07) is 0. The summed E-state index contributed by atoms with van der Waals surface area (Å²) in [5.41, 5.74) is 0. The zero-order chi connectivity index (χ0) is 41.9. The third-order valence-corrected chi connectivity index (χ3v) is 8.20. The highest BCUT2D eigenvalue weighted by molar-refractivity contribution is 5.69. The van der Waals surface area contributed by atoms with Crippen LogP contribution in [0.25, 0.3) is 0 Å². The molecule has 2 heterocycles. The molecule has 2 rings (SSSR count). The first kappa shape index (κ1) is 47.8. The Bertz CT molecular complexity index is 1350.